The Morgan fingerprint density at radius 2 is 1.80 bits per heavy atom. The normalized spacial score (nSPS) is 18.0. The van der Waals surface area contributed by atoms with Gasteiger partial charge in [0.25, 0.3) is 0 Å². The van der Waals surface area contributed by atoms with Crippen LogP contribution in [0, 0.1) is 11.7 Å². The van der Waals surface area contributed by atoms with Crippen LogP contribution in [0.1, 0.15) is 17.0 Å². The van der Waals surface area contributed by atoms with Gasteiger partial charge in [-0.15, -0.1) is 0 Å². The molecular formula is C27H26BrFN4O2. The van der Waals surface area contributed by atoms with Crippen LogP contribution in [-0.4, -0.2) is 36.9 Å². The van der Waals surface area contributed by atoms with E-state index in [1.807, 2.05) is 31.3 Å². The van der Waals surface area contributed by atoms with E-state index in [1.54, 1.807) is 42.5 Å². The third kappa shape index (κ3) is 6.15. The van der Waals surface area contributed by atoms with Crippen LogP contribution in [0.15, 0.2) is 77.3 Å². The topological polar surface area (TPSA) is 87.5 Å². The molecule has 1 aliphatic heterocycles. The Kier molecular flexibility index (Phi) is 7.63. The van der Waals surface area contributed by atoms with Crippen molar-refractivity contribution in [3.05, 3.63) is 94.2 Å². The highest BCUT2D eigenvalue weighted by Crippen LogP contribution is 2.33. The summed E-state index contributed by atoms with van der Waals surface area (Å²) in [7, 11) is 1.99. The van der Waals surface area contributed by atoms with Crippen LogP contribution < -0.4 is 16.4 Å². The van der Waals surface area contributed by atoms with Crippen molar-refractivity contribution in [2.75, 3.05) is 36.5 Å². The van der Waals surface area contributed by atoms with Crippen LogP contribution in [0.4, 0.5) is 21.5 Å². The quantitative estimate of drug-likeness (QED) is 0.302. The smallest absolute Gasteiger partial charge is 0.248 e. The fraction of sp³-hybridized carbons (Fsp3) is 0.185. The summed E-state index contributed by atoms with van der Waals surface area (Å²) in [4.78, 5) is 27.4. The maximum atomic E-state index is 13.5. The number of nitrogens with zero attached hydrogens (tertiary/aromatic N) is 1. The molecule has 1 fully saturated rings. The molecule has 35 heavy (non-hydrogen) atoms. The summed E-state index contributed by atoms with van der Waals surface area (Å²) in [6.07, 6.45) is 3.19. The largest absolute Gasteiger partial charge is 0.397 e. The van der Waals surface area contributed by atoms with Gasteiger partial charge in [-0.1, -0.05) is 36.4 Å². The van der Waals surface area contributed by atoms with Gasteiger partial charge in [-0.3, -0.25) is 9.59 Å². The number of likely N-dealkylation sites (tertiary alicyclic amines) is 1. The van der Waals surface area contributed by atoms with Gasteiger partial charge in [0.05, 0.1) is 21.8 Å². The molecule has 1 aliphatic rings. The molecule has 2 unspecified atom stereocenters. The molecule has 180 valence electrons. The average Bonchev–Trinajstić information content (AvgIpc) is 3.24. The molecule has 0 aromatic heterocycles. The van der Waals surface area contributed by atoms with Gasteiger partial charge in [0.15, 0.2) is 0 Å². The number of carbonyl (C=O) groups is 2. The van der Waals surface area contributed by atoms with E-state index in [0.29, 0.717) is 28.1 Å². The summed E-state index contributed by atoms with van der Waals surface area (Å²) in [5.41, 5.74) is 9.40. The first-order valence-electron chi connectivity index (χ1n) is 11.2. The number of halogens is 2. The molecule has 1 heterocycles. The van der Waals surface area contributed by atoms with E-state index in [0.717, 1.165) is 17.7 Å². The van der Waals surface area contributed by atoms with Gasteiger partial charge in [0.1, 0.15) is 5.82 Å². The number of nitrogen functional groups attached to an aromatic ring is 1. The number of amides is 2. The zero-order chi connectivity index (χ0) is 24.9. The van der Waals surface area contributed by atoms with Crippen molar-refractivity contribution in [3.63, 3.8) is 0 Å². The zero-order valence-corrected chi connectivity index (χ0v) is 20.8. The van der Waals surface area contributed by atoms with Gasteiger partial charge >= 0.3 is 0 Å². The maximum Gasteiger partial charge on any atom is 0.248 e. The van der Waals surface area contributed by atoms with E-state index in [-0.39, 0.29) is 29.5 Å². The number of hydrogen-bond acceptors (Lipinski definition) is 4. The lowest BCUT2D eigenvalue weighted by molar-refractivity contribution is -0.119. The van der Waals surface area contributed by atoms with Gasteiger partial charge < -0.3 is 21.3 Å². The Morgan fingerprint density at radius 1 is 1.06 bits per heavy atom. The van der Waals surface area contributed by atoms with Crippen LogP contribution in [0.3, 0.4) is 0 Å². The van der Waals surface area contributed by atoms with E-state index in [2.05, 4.69) is 31.5 Å². The highest BCUT2D eigenvalue weighted by Gasteiger charge is 2.37. The minimum absolute atomic E-state index is 0.0197. The number of carbonyl (C=O) groups excluding carboxylic acids is 2. The van der Waals surface area contributed by atoms with Crippen molar-refractivity contribution in [1.82, 2.24) is 4.90 Å². The van der Waals surface area contributed by atoms with Gasteiger partial charge in [0.2, 0.25) is 11.8 Å². The summed E-state index contributed by atoms with van der Waals surface area (Å²) in [5.74, 6) is -0.969. The molecule has 4 rings (SSSR count). The lowest BCUT2D eigenvalue weighted by atomic mass is 9.88. The molecular weight excluding hydrogens is 511 g/mol. The molecule has 0 bridgehead atoms. The molecule has 8 heteroatoms. The number of hydrogen-bond donors (Lipinski definition) is 3. The summed E-state index contributed by atoms with van der Waals surface area (Å²) in [6.45, 7) is 1.38. The minimum Gasteiger partial charge on any atom is -0.397 e. The molecule has 3 aromatic rings. The highest BCUT2D eigenvalue weighted by molar-refractivity contribution is 9.10. The van der Waals surface area contributed by atoms with Gasteiger partial charge in [-0.05, 0) is 70.5 Å². The first-order valence-corrected chi connectivity index (χ1v) is 12.0. The minimum atomic E-state index is -0.378. The van der Waals surface area contributed by atoms with Crippen LogP contribution in [0.2, 0.25) is 0 Å². The monoisotopic (exact) mass is 536 g/mol. The first-order chi connectivity index (χ1) is 16.8. The zero-order valence-electron chi connectivity index (χ0n) is 19.2. The number of para-hydroxylation sites is 2. The van der Waals surface area contributed by atoms with E-state index in [9.17, 15) is 14.0 Å². The molecule has 0 saturated carbocycles. The van der Waals surface area contributed by atoms with Crippen LogP contribution in [0.5, 0.6) is 0 Å². The van der Waals surface area contributed by atoms with Crippen molar-refractivity contribution >= 4 is 50.9 Å². The molecule has 4 N–H and O–H groups in total. The highest BCUT2D eigenvalue weighted by atomic mass is 79.9. The second-order valence-corrected chi connectivity index (χ2v) is 9.48. The number of nitrogens with one attached hydrogen (secondary N) is 2. The average molecular weight is 537 g/mol. The fourth-order valence-electron chi connectivity index (χ4n) is 4.22. The molecule has 1 saturated heterocycles. The van der Waals surface area contributed by atoms with Gasteiger partial charge in [-0.25, -0.2) is 4.39 Å². The second-order valence-electron chi connectivity index (χ2n) is 8.63. The summed E-state index contributed by atoms with van der Waals surface area (Å²) < 4.78 is 13.8. The Morgan fingerprint density at radius 3 is 2.51 bits per heavy atom. The number of nitrogens with two attached hydrogens (primary N) is 1. The number of rotatable bonds is 6. The van der Waals surface area contributed by atoms with Crippen LogP contribution >= 0.6 is 15.9 Å². The van der Waals surface area contributed by atoms with E-state index < -0.39 is 0 Å². The van der Waals surface area contributed by atoms with Crippen molar-refractivity contribution in [2.45, 2.75) is 5.92 Å². The van der Waals surface area contributed by atoms with Crippen LogP contribution in [0.25, 0.3) is 6.08 Å². The predicted octanol–water partition coefficient (Wildman–Crippen LogP) is 5.11. The second kappa shape index (κ2) is 10.8. The first kappa shape index (κ1) is 24.6. The molecule has 3 aromatic carbocycles. The van der Waals surface area contributed by atoms with E-state index in [1.165, 1.54) is 12.1 Å². The lowest BCUT2D eigenvalue weighted by Crippen LogP contribution is -2.28. The molecule has 0 radical (unpaired) electrons. The Hall–Kier alpha value is -3.49. The summed E-state index contributed by atoms with van der Waals surface area (Å²) >= 11 is 3.15. The number of benzene rings is 3. The SMILES string of the molecule is CN1CC(C(=O)Nc2ccc(F)c(Br)c2)C(c2ccc(/C=C/C(=O)Nc3ccccc3N)cc2)C1. The summed E-state index contributed by atoms with van der Waals surface area (Å²) in [6, 6.07) is 19.4. The van der Waals surface area contributed by atoms with Gasteiger partial charge in [-0.2, -0.15) is 0 Å². The van der Waals surface area contributed by atoms with Crippen molar-refractivity contribution in [2.24, 2.45) is 5.92 Å². The number of anilines is 3. The third-order valence-corrected chi connectivity index (χ3v) is 6.64. The number of likely N-dealkylation sites (N-methyl/N-ethyl adjacent to an activating group) is 1. The lowest BCUT2D eigenvalue weighted by Gasteiger charge is -2.19. The van der Waals surface area contributed by atoms with E-state index >= 15 is 0 Å². The molecule has 2 amide bonds. The Balaban J connectivity index is 1.41. The fourth-order valence-corrected chi connectivity index (χ4v) is 4.60. The molecule has 6 nitrogen and oxygen atoms in total. The standard InChI is InChI=1S/C27H26BrFN4O2/c1-33-15-20(21(16-33)27(35)31-19-11-12-23(29)22(28)14-19)18-9-6-17(7-10-18)8-13-26(34)32-25-5-3-2-4-24(25)30/h2-14,20-21H,15-16,30H2,1H3,(H,31,35)(H,32,34)/b13-8+. The van der Waals surface area contributed by atoms with E-state index in [4.69, 9.17) is 5.73 Å². The van der Waals surface area contributed by atoms with Crippen molar-refractivity contribution in [1.29, 1.82) is 0 Å². The predicted molar refractivity (Wildman–Crippen MR) is 141 cm³/mol. The molecule has 0 spiro atoms. The maximum absolute atomic E-state index is 13.5. The van der Waals surface area contributed by atoms with Crippen molar-refractivity contribution in [3.8, 4) is 0 Å². The molecule has 0 aliphatic carbocycles. The summed E-state index contributed by atoms with van der Waals surface area (Å²) in [5, 5.41) is 5.68. The Bertz CT molecular complexity index is 1260. The Labute approximate surface area is 212 Å². The van der Waals surface area contributed by atoms with Crippen LogP contribution in [-0.2, 0) is 9.59 Å². The molecule has 2 atom stereocenters. The van der Waals surface area contributed by atoms with Crippen molar-refractivity contribution < 1.29 is 14.0 Å². The third-order valence-electron chi connectivity index (χ3n) is 6.04. The van der Waals surface area contributed by atoms with Gasteiger partial charge in [0, 0.05) is 30.8 Å².